The summed E-state index contributed by atoms with van der Waals surface area (Å²) in [5.74, 6) is -0.288. The highest BCUT2D eigenvalue weighted by Crippen LogP contribution is 2.34. The molecule has 26 heavy (non-hydrogen) atoms. The number of halogens is 1. The van der Waals surface area contributed by atoms with Crippen molar-refractivity contribution in [2.45, 2.75) is 13.0 Å². The molecule has 1 atom stereocenters. The van der Waals surface area contributed by atoms with Gasteiger partial charge in [-0.3, -0.25) is 4.79 Å². The van der Waals surface area contributed by atoms with Gasteiger partial charge in [-0.05, 0) is 36.8 Å². The van der Waals surface area contributed by atoms with Gasteiger partial charge in [0.1, 0.15) is 11.6 Å². The molecule has 0 bridgehead atoms. The fraction of sp³-hybridized carbons (Fsp3) is 0.176. The molecular weight excluding hydrogens is 358 g/mol. The average molecular weight is 374 g/mol. The number of aromatic nitrogens is 3. The molecule has 2 N–H and O–H groups in total. The second kappa shape index (κ2) is 7.40. The summed E-state index contributed by atoms with van der Waals surface area (Å²) in [4.78, 5) is 12.3. The first-order valence-corrected chi connectivity index (χ1v) is 8.08. The number of carbonyl (C=O) groups is 1. The van der Waals surface area contributed by atoms with E-state index in [2.05, 4.69) is 20.8 Å². The second-order valence-electron chi connectivity index (χ2n) is 5.49. The number of carbonyl (C=O) groups excluding carboxylic acids is 1. The Morgan fingerprint density at radius 2 is 2.19 bits per heavy atom. The maximum absolute atomic E-state index is 12.3. The molecule has 0 aliphatic heterocycles. The normalized spacial score (nSPS) is 12.4. The van der Waals surface area contributed by atoms with Crippen LogP contribution < -0.4 is 10.2 Å². The molecule has 0 saturated carbocycles. The van der Waals surface area contributed by atoms with E-state index in [0.29, 0.717) is 11.1 Å². The van der Waals surface area contributed by atoms with Gasteiger partial charge in [-0.25, -0.2) is 10.1 Å². The number of para-hydroxylation sites is 1. The lowest BCUT2D eigenvalue weighted by Crippen LogP contribution is -2.28. The molecule has 0 aliphatic carbocycles. The zero-order valence-electron chi connectivity index (χ0n) is 14.0. The molecule has 9 heteroatoms. The number of fused-ring (bicyclic) bond motifs is 1. The predicted molar refractivity (Wildman–Crippen MR) is 97.6 cm³/mol. The molecule has 1 aromatic heterocycles. The fourth-order valence-corrected chi connectivity index (χ4v) is 2.59. The summed E-state index contributed by atoms with van der Waals surface area (Å²) < 4.78 is 6.55. The summed E-state index contributed by atoms with van der Waals surface area (Å²) in [5, 5.41) is 21.8. The third-order valence-electron chi connectivity index (χ3n) is 3.78. The Morgan fingerprint density at radius 1 is 1.42 bits per heavy atom. The Morgan fingerprint density at radius 3 is 2.96 bits per heavy atom. The smallest absolute Gasteiger partial charge is 0.264 e. The number of phenols is 1. The van der Waals surface area contributed by atoms with Crippen molar-refractivity contribution in [2.24, 2.45) is 5.10 Å². The van der Waals surface area contributed by atoms with Crippen molar-refractivity contribution in [2.75, 3.05) is 7.11 Å². The molecule has 0 aliphatic rings. The summed E-state index contributed by atoms with van der Waals surface area (Å²) in [5.41, 5.74) is 4.48. The van der Waals surface area contributed by atoms with Gasteiger partial charge in [-0.2, -0.15) is 5.10 Å². The van der Waals surface area contributed by atoms with Crippen molar-refractivity contribution >= 4 is 34.8 Å². The topological polar surface area (TPSA) is 102 Å². The van der Waals surface area contributed by atoms with E-state index >= 15 is 0 Å². The summed E-state index contributed by atoms with van der Waals surface area (Å²) in [6.45, 7) is 1.70. The standard InChI is InChI=1S/C17H16ClN5O3/c1-10(23-14-6-4-3-5-13(14)20-22-23)17(25)21-19-9-11-7-12(18)16(24)15(8-11)26-2/h3-10,24H,1-2H3,(H,21,25)/b19-9-/t10-/m1/s1. The number of hydrogen-bond donors (Lipinski definition) is 2. The third-order valence-corrected chi connectivity index (χ3v) is 4.07. The van der Waals surface area contributed by atoms with Crippen LogP contribution >= 0.6 is 11.6 Å². The zero-order chi connectivity index (χ0) is 18.7. The number of methoxy groups -OCH3 is 1. The number of amides is 1. The van der Waals surface area contributed by atoms with Crippen molar-refractivity contribution in [1.82, 2.24) is 20.4 Å². The van der Waals surface area contributed by atoms with Crippen LogP contribution in [0, 0.1) is 0 Å². The average Bonchev–Trinajstić information content (AvgIpc) is 3.07. The SMILES string of the molecule is COc1cc(/C=N\NC(=O)[C@@H](C)n2nnc3ccccc32)cc(Cl)c1O. The van der Waals surface area contributed by atoms with E-state index in [-0.39, 0.29) is 22.4 Å². The van der Waals surface area contributed by atoms with Crippen LogP contribution in [0.1, 0.15) is 18.5 Å². The van der Waals surface area contributed by atoms with Gasteiger partial charge in [0.25, 0.3) is 5.91 Å². The van der Waals surface area contributed by atoms with E-state index in [0.717, 1.165) is 5.52 Å². The van der Waals surface area contributed by atoms with E-state index in [9.17, 15) is 9.90 Å². The number of nitrogens with zero attached hydrogens (tertiary/aromatic N) is 4. The molecule has 1 heterocycles. The van der Waals surface area contributed by atoms with Gasteiger partial charge in [0.05, 0.1) is 23.9 Å². The molecule has 1 amide bonds. The fourth-order valence-electron chi connectivity index (χ4n) is 2.37. The first-order chi connectivity index (χ1) is 12.5. The molecule has 0 unspecified atom stereocenters. The second-order valence-corrected chi connectivity index (χ2v) is 5.89. The van der Waals surface area contributed by atoms with E-state index in [1.165, 1.54) is 24.1 Å². The van der Waals surface area contributed by atoms with Crippen molar-refractivity contribution in [3.8, 4) is 11.5 Å². The predicted octanol–water partition coefficient (Wildman–Crippen LogP) is 2.51. The number of benzene rings is 2. The molecule has 3 rings (SSSR count). The summed E-state index contributed by atoms with van der Waals surface area (Å²) >= 11 is 5.92. The maximum Gasteiger partial charge on any atom is 0.264 e. The lowest BCUT2D eigenvalue weighted by molar-refractivity contribution is -0.124. The Kier molecular flexibility index (Phi) is 5.04. The van der Waals surface area contributed by atoms with Crippen LogP contribution in [-0.2, 0) is 4.79 Å². The van der Waals surface area contributed by atoms with E-state index in [4.69, 9.17) is 16.3 Å². The zero-order valence-corrected chi connectivity index (χ0v) is 14.8. The van der Waals surface area contributed by atoms with E-state index in [1.54, 1.807) is 13.0 Å². The number of ether oxygens (including phenoxy) is 1. The van der Waals surface area contributed by atoms with Gasteiger partial charge < -0.3 is 9.84 Å². The molecule has 2 aromatic carbocycles. The summed E-state index contributed by atoms with van der Waals surface area (Å²) in [7, 11) is 1.41. The van der Waals surface area contributed by atoms with Gasteiger partial charge in [0, 0.05) is 0 Å². The largest absolute Gasteiger partial charge is 0.503 e. The van der Waals surface area contributed by atoms with E-state index < -0.39 is 6.04 Å². The van der Waals surface area contributed by atoms with Crippen LogP contribution in [0.25, 0.3) is 11.0 Å². The number of nitrogens with one attached hydrogen (secondary N) is 1. The first kappa shape index (κ1) is 17.7. The van der Waals surface area contributed by atoms with Gasteiger partial charge in [0.2, 0.25) is 0 Å². The number of rotatable bonds is 5. The number of hydrogen-bond acceptors (Lipinski definition) is 6. The molecule has 0 saturated heterocycles. The van der Waals surface area contributed by atoms with Crippen LogP contribution in [0.3, 0.4) is 0 Å². The molecule has 0 spiro atoms. The Hall–Kier alpha value is -3.13. The van der Waals surface area contributed by atoms with Gasteiger partial charge >= 0.3 is 0 Å². The van der Waals surface area contributed by atoms with Crippen molar-refractivity contribution in [1.29, 1.82) is 0 Å². The highest BCUT2D eigenvalue weighted by molar-refractivity contribution is 6.32. The molecular formula is C17H16ClN5O3. The molecule has 0 radical (unpaired) electrons. The van der Waals surface area contributed by atoms with Crippen LogP contribution in [0.5, 0.6) is 11.5 Å². The lowest BCUT2D eigenvalue weighted by atomic mass is 10.2. The number of phenolic OH excluding ortho intramolecular Hbond substituents is 1. The van der Waals surface area contributed by atoms with Gasteiger partial charge in [-0.1, -0.05) is 28.9 Å². The molecule has 3 aromatic rings. The van der Waals surface area contributed by atoms with Crippen LogP contribution in [0.4, 0.5) is 0 Å². The third kappa shape index (κ3) is 3.45. The Balaban J connectivity index is 1.72. The maximum atomic E-state index is 12.3. The van der Waals surface area contributed by atoms with Crippen LogP contribution in [0.15, 0.2) is 41.5 Å². The highest BCUT2D eigenvalue weighted by Gasteiger charge is 2.18. The van der Waals surface area contributed by atoms with Gasteiger partial charge in [0.15, 0.2) is 11.5 Å². The summed E-state index contributed by atoms with van der Waals surface area (Å²) in [6.07, 6.45) is 1.40. The quantitative estimate of drug-likeness (QED) is 0.528. The van der Waals surface area contributed by atoms with E-state index in [1.807, 2.05) is 24.3 Å². The molecule has 134 valence electrons. The van der Waals surface area contributed by atoms with Crippen molar-refractivity contribution in [3.63, 3.8) is 0 Å². The minimum absolute atomic E-state index is 0.125. The first-order valence-electron chi connectivity index (χ1n) is 7.70. The molecule has 0 fully saturated rings. The monoisotopic (exact) mass is 373 g/mol. The minimum atomic E-state index is -0.600. The van der Waals surface area contributed by atoms with Crippen molar-refractivity contribution in [3.05, 3.63) is 47.0 Å². The van der Waals surface area contributed by atoms with Gasteiger partial charge in [-0.15, -0.1) is 5.10 Å². The van der Waals surface area contributed by atoms with Crippen LogP contribution in [0.2, 0.25) is 5.02 Å². The van der Waals surface area contributed by atoms with Crippen molar-refractivity contribution < 1.29 is 14.6 Å². The molecule has 8 nitrogen and oxygen atoms in total. The number of hydrazone groups is 1. The Labute approximate surface area is 154 Å². The lowest BCUT2D eigenvalue weighted by Gasteiger charge is -2.10. The number of aromatic hydroxyl groups is 1. The Bertz CT molecular complexity index is 986. The minimum Gasteiger partial charge on any atom is -0.503 e. The summed E-state index contributed by atoms with van der Waals surface area (Å²) in [6, 6.07) is 9.82. The highest BCUT2D eigenvalue weighted by atomic mass is 35.5. The van der Waals surface area contributed by atoms with Crippen LogP contribution in [-0.4, -0.2) is 39.3 Å².